The SMILES string of the molecule is O=C1C2=C(CCCCCC2)CC2[C@H]3CC[C@H](C3)[C@H]12. The van der Waals surface area contributed by atoms with Crippen molar-refractivity contribution in [3.63, 3.8) is 0 Å². The van der Waals surface area contributed by atoms with E-state index in [1.807, 2.05) is 0 Å². The maximum absolute atomic E-state index is 12.8. The molecule has 4 aliphatic carbocycles. The van der Waals surface area contributed by atoms with E-state index >= 15 is 0 Å². The van der Waals surface area contributed by atoms with Crippen LogP contribution in [0.4, 0.5) is 0 Å². The topological polar surface area (TPSA) is 17.1 Å². The number of carbonyl (C=O) groups excluding carboxylic acids is 1. The van der Waals surface area contributed by atoms with Gasteiger partial charge in [-0.3, -0.25) is 4.79 Å². The zero-order chi connectivity index (χ0) is 12.1. The number of hydrogen-bond acceptors (Lipinski definition) is 1. The molecule has 0 saturated heterocycles. The van der Waals surface area contributed by atoms with Crippen LogP contribution in [0.3, 0.4) is 0 Å². The summed E-state index contributed by atoms with van der Waals surface area (Å²) >= 11 is 0. The van der Waals surface area contributed by atoms with Gasteiger partial charge in [0.05, 0.1) is 0 Å². The molecule has 0 heterocycles. The van der Waals surface area contributed by atoms with Crippen molar-refractivity contribution < 1.29 is 4.79 Å². The highest BCUT2D eigenvalue weighted by atomic mass is 16.1. The van der Waals surface area contributed by atoms with Crippen LogP contribution in [0.15, 0.2) is 11.1 Å². The van der Waals surface area contributed by atoms with Gasteiger partial charge < -0.3 is 0 Å². The molecule has 1 nitrogen and oxygen atoms in total. The molecule has 0 aliphatic heterocycles. The van der Waals surface area contributed by atoms with Crippen molar-refractivity contribution in [1.29, 1.82) is 0 Å². The zero-order valence-electron chi connectivity index (χ0n) is 11.3. The molecule has 1 unspecified atom stereocenters. The normalized spacial score (nSPS) is 43.4. The Morgan fingerprint density at radius 1 is 0.889 bits per heavy atom. The Morgan fingerprint density at radius 2 is 1.67 bits per heavy atom. The first-order chi connectivity index (χ1) is 8.84. The van der Waals surface area contributed by atoms with Gasteiger partial charge in [0.15, 0.2) is 5.78 Å². The van der Waals surface area contributed by atoms with Crippen LogP contribution < -0.4 is 0 Å². The van der Waals surface area contributed by atoms with E-state index in [0.717, 1.165) is 24.2 Å². The van der Waals surface area contributed by atoms with Crippen LogP contribution in [0.2, 0.25) is 0 Å². The van der Waals surface area contributed by atoms with Gasteiger partial charge in [-0.05, 0) is 74.7 Å². The molecule has 1 heteroatoms. The van der Waals surface area contributed by atoms with Crippen molar-refractivity contribution in [3.05, 3.63) is 11.1 Å². The van der Waals surface area contributed by atoms with Crippen molar-refractivity contribution >= 4 is 5.78 Å². The fraction of sp³-hybridized carbons (Fsp3) is 0.824. The van der Waals surface area contributed by atoms with Crippen molar-refractivity contribution in [3.8, 4) is 0 Å². The van der Waals surface area contributed by atoms with Crippen molar-refractivity contribution in [1.82, 2.24) is 0 Å². The van der Waals surface area contributed by atoms with Crippen LogP contribution in [-0.4, -0.2) is 5.78 Å². The highest BCUT2D eigenvalue weighted by Crippen LogP contribution is 2.57. The van der Waals surface area contributed by atoms with Crippen LogP contribution >= 0.6 is 0 Å². The van der Waals surface area contributed by atoms with E-state index in [0.29, 0.717) is 11.7 Å². The lowest BCUT2D eigenvalue weighted by Gasteiger charge is -2.37. The summed E-state index contributed by atoms with van der Waals surface area (Å²) in [5.74, 6) is 3.50. The van der Waals surface area contributed by atoms with E-state index in [2.05, 4.69) is 0 Å². The fourth-order valence-electron chi connectivity index (χ4n) is 5.44. The minimum absolute atomic E-state index is 0.460. The third-order valence-corrected chi connectivity index (χ3v) is 6.25. The van der Waals surface area contributed by atoms with Crippen LogP contribution in [0, 0.1) is 23.7 Å². The highest BCUT2D eigenvalue weighted by Gasteiger charge is 2.52. The first-order valence-corrected chi connectivity index (χ1v) is 8.09. The average molecular weight is 244 g/mol. The average Bonchev–Trinajstić information content (AvgIpc) is 2.92. The molecule has 0 amide bonds. The third-order valence-electron chi connectivity index (χ3n) is 6.25. The second kappa shape index (κ2) is 4.21. The van der Waals surface area contributed by atoms with E-state index < -0.39 is 0 Å². The van der Waals surface area contributed by atoms with Crippen LogP contribution in [0.25, 0.3) is 0 Å². The lowest BCUT2D eigenvalue weighted by atomic mass is 9.66. The smallest absolute Gasteiger partial charge is 0.162 e. The Hall–Kier alpha value is -0.590. The van der Waals surface area contributed by atoms with Crippen molar-refractivity contribution in [2.75, 3.05) is 0 Å². The molecule has 2 bridgehead atoms. The highest BCUT2D eigenvalue weighted by molar-refractivity contribution is 5.99. The molecular formula is C17H24O. The second-order valence-corrected chi connectivity index (χ2v) is 7.09. The van der Waals surface area contributed by atoms with Crippen LogP contribution in [0.1, 0.15) is 64.2 Å². The third kappa shape index (κ3) is 1.55. The molecule has 0 spiro atoms. The van der Waals surface area contributed by atoms with Gasteiger partial charge in [-0.15, -0.1) is 0 Å². The minimum Gasteiger partial charge on any atom is -0.294 e. The molecular weight excluding hydrogens is 220 g/mol. The van der Waals surface area contributed by atoms with E-state index in [9.17, 15) is 4.79 Å². The molecule has 2 fully saturated rings. The molecule has 18 heavy (non-hydrogen) atoms. The molecule has 0 aromatic heterocycles. The summed E-state index contributed by atoms with van der Waals surface area (Å²) < 4.78 is 0. The first kappa shape index (κ1) is 11.3. The van der Waals surface area contributed by atoms with E-state index in [4.69, 9.17) is 0 Å². The van der Waals surface area contributed by atoms with Gasteiger partial charge in [0.1, 0.15) is 0 Å². The second-order valence-electron chi connectivity index (χ2n) is 7.09. The molecule has 2 saturated carbocycles. The van der Waals surface area contributed by atoms with Gasteiger partial charge in [0, 0.05) is 5.92 Å². The standard InChI is InChI=1S/C17H24O/c18-17-14-6-4-2-1-3-5-11(14)10-15-12-7-8-13(9-12)16(15)17/h12-13,15-16H,1-10H2/t12-,13+,15?,16-/m0/s1. The summed E-state index contributed by atoms with van der Waals surface area (Å²) in [6.07, 6.45) is 13.1. The van der Waals surface area contributed by atoms with E-state index in [1.54, 1.807) is 5.57 Å². The Morgan fingerprint density at radius 3 is 2.56 bits per heavy atom. The predicted octanol–water partition coefficient (Wildman–Crippen LogP) is 4.27. The fourth-order valence-corrected chi connectivity index (χ4v) is 5.44. The maximum atomic E-state index is 12.8. The largest absolute Gasteiger partial charge is 0.294 e. The quantitative estimate of drug-likeness (QED) is 0.622. The summed E-state index contributed by atoms with van der Waals surface area (Å²) in [6.45, 7) is 0. The molecule has 0 aromatic carbocycles. The number of fused-ring (bicyclic) bond motifs is 5. The van der Waals surface area contributed by atoms with Crippen molar-refractivity contribution in [2.45, 2.75) is 64.2 Å². The number of carbonyl (C=O) groups is 1. The summed E-state index contributed by atoms with van der Waals surface area (Å²) in [5, 5.41) is 0. The number of ketones is 1. The number of rotatable bonds is 0. The van der Waals surface area contributed by atoms with Crippen LogP contribution in [-0.2, 0) is 4.79 Å². The Labute approximate surface area is 110 Å². The molecule has 0 radical (unpaired) electrons. The molecule has 4 rings (SSSR count). The maximum Gasteiger partial charge on any atom is 0.162 e. The zero-order valence-corrected chi connectivity index (χ0v) is 11.3. The molecule has 0 aromatic rings. The van der Waals surface area contributed by atoms with Gasteiger partial charge in [0.25, 0.3) is 0 Å². The number of allylic oxidation sites excluding steroid dienone is 2. The van der Waals surface area contributed by atoms with Crippen molar-refractivity contribution in [2.24, 2.45) is 23.7 Å². The lowest BCUT2D eigenvalue weighted by Crippen LogP contribution is -2.35. The Balaban J connectivity index is 1.68. The number of Topliss-reactive ketones (excluding diaryl/α,β-unsaturated/α-hetero) is 1. The predicted molar refractivity (Wildman–Crippen MR) is 72.2 cm³/mol. The monoisotopic (exact) mass is 244 g/mol. The molecule has 4 aliphatic rings. The number of hydrogen-bond donors (Lipinski definition) is 0. The molecule has 4 atom stereocenters. The lowest BCUT2D eigenvalue weighted by molar-refractivity contribution is -0.123. The molecule has 0 N–H and O–H groups in total. The Kier molecular flexibility index (Phi) is 2.63. The van der Waals surface area contributed by atoms with E-state index in [-0.39, 0.29) is 0 Å². The van der Waals surface area contributed by atoms with Gasteiger partial charge >= 0.3 is 0 Å². The Bertz CT molecular complexity index is 406. The minimum atomic E-state index is 0.460. The summed E-state index contributed by atoms with van der Waals surface area (Å²) in [5.41, 5.74) is 2.90. The van der Waals surface area contributed by atoms with Crippen LogP contribution in [0.5, 0.6) is 0 Å². The van der Waals surface area contributed by atoms with Gasteiger partial charge in [-0.2, -0.15) is 0 Å². The van der Waals surface area contributed by atoms with Gasteiger partial charge in [-0.1, -0.05) is 18.4 Å². The summed E-state index contributed by atoms with van der Waals surface area (Å²) in [6, 6.07) is 0. The van der Waals surface area contributed by atoms with E-state index in [1.165, 1.54) is 63.4 Å². The summed E-state index contributed by atoms with van der Waals surface area (Å²) in [4.78, 5) is 12.8. The first-order valence-electron chi connectivity index (χ1n) is 8.09. The van der Waals surface area contributed by atoms with Gasteiger partial charge in [0.2, 0.25) is 0 Å². The molecule has 98 valence electrons. The van der Waals surface area contributed by atoms with Gasteiger partial charge in [-0.25, -0.2) is 0 Å². The summed E-state index contributed by atoms with van der Waals surface area (Å²) in [7, 11) is 0.